The van der Waals surface area contributed by atoms with Gasteiger partial charge in [0.2, 0.25) is 11.8 Å². The van der Waals surface area contributed by atoms with Crippen LogP contribution in [0.2, 0.25) is 0 Å². The van der Waals surface area contributed by atoms with E-state index >= 15 is 0 Å². The molecule has 2 fully saturated rings. The molecular formula is C27H23NO4. The van der Waals surface area contributed by atoms with Crippen molar-refractivity contribution in [3.8, 4) is 5.75 Å². The molecule has 0 aromatic heterocycles. The molecule has 5 heteroatoms. The van der Waals surface area contributed by atoms with Crippen LogP contribution in [-0.2, 0) is 9.59 Å². The predicted octanol–water partition coefficient (Wildman–Crippen LogP) is 4.98. The van der Waals surface area contributed by atoms with Crippen molar-refractivity contribution in [1.82, 2.24) is 0 Å². The summed E-state index contributed by atoms with van der Waals surface area (Å²) in [7, 11) is 0. The Morgan fingerprint density at radius 1 is 0.750 bits per heavy atom. The van der Waals surface area contributed by atoms with E-state index in [0.717, 1.165) is 6.42 Å². The zero-order valence-electron chi connectivity index (χ0n) is 17.5. The number of fused-ring (bicyclic) bond motifs is 1. The average Bonchev–Trinajstić information content (AvgIpc) is 3.09. The van der Waals surface area contributed by atoms with Crippen LogP contribution < -0.4 is 9.64 Å². The molecule has 3 atom stereocenters. The lowest BCUT2D eigenvalue weighted by Crippen LogP contribution is -2.30. The van der Waals surface area contributed by atoms with Gasteiger partial charge in [-0.05, 0) is 67.1 Å². The maximum Gasteiger partial charge on any atom is 0.343 e. The van der Waals surface area contributed by atoms with E-state index in [2.05, 4.69) is 12.1 Å². The number of benzene rings is 3. The molecular weight excluding hydrogens is 402 g/mol. The van der Waals surface area contributed by atoms with Crippen LogP contribution in [-0.4, -0.2) is 17.8 Å². The Balaban J connectivity index is 1.31. The Morgan fingerprint density at radius 2 is 1.38 bits per heavy atom. The fraction of sp³-hybridized carbons (Fsp3) is 0.222. The molecule has 1 aliphatic heterocycles. The van der Waals surface area contributed by atoms with Crippen LogP contribution in [0.1, 0.15) is 41.1 Å². The van der Waals surface area contributed by atoms with Crippen molar-refractivity contribution in [2.24, 2.45) is 11.8 Å². The van der Waals surface area contributed by atoms with Crippen molar-refractivity contribution in [2.45, 2.75) is 25.2 Å². The van der Waals surface area contributed by atoms with E-state index in [4.69, 9.17) is 4.74 Å². The Labute approximate surface area is 186 Å². The summed E-state index contributed by atoms with van der Waals surface area (Å²) in [6, 6.07) is 25.5. The van der Waals surface area contributed by atoms with Crippen molar-refractivity contribution in [1.29, 1.82) is 0 Å². The highest BCUT2D eigenvalue weighted by Crippen LogP contribution is 2.45. The minimum absolute atomic E-state index is 0.133. The van der Waals surface area contributed by atoms with Crippen LogP contribution in [0.15, 0.2) is 84.9 Å². The zero-order valence-corrected chi connectivity index (χ0v) is 17.5. The summed E-state index contributed by atoms with van der Waals surface area (Å²) in [6.45, 7) is 0. The van der Waals surface area contributed by atoms with E-state index in [9.17, 15) is 14.4 Å². The summed E-state index contributed by atoms with van der Waals surface area (Å²) in [4.78, 5) is 40.0. The van der Waals surface area contributed by atoms with E-state index in [1.54, 1.807) is 48.5 Å². The highest BCUT2D eigenvalue weighted by molar-refractivity contribution is 6.22. The number of carbonyl (C=O) groups is 3. The fourth-order valence-corrected chi connectivity index (χ4v) is 4.86. The van der Waals surface area contributed by atoms with Gasteiger partial charge in [-0.2, -0.15) is 0 Å². The number of esters is 1. The van der Waals surface area contributed by atoms with E-state index in [1.165, 1.54) is 10.5 Å². The van der Waals surface area contributed by atoms with Gasteiger partial charge in [-0.25, -0.2) is 4.79 Å². The third kappa shape index (κ3) is 3.71. The maximum atomic E-state index is 13.2. The Morgan fingerprint density at radius 3 is 2.06 bits per heavy atom. The van der Waals surface area contributed by atoms with Crippen LogP contribution in [0.25, 0.3) is 0 Å². The second-order valence-electron chi connectivity index (χ2n) is 8.39. The standard InChI is InChI=1S/C27H23NO4/c29-25-23-16-13-20(18-7-3-1-4-8-18)17-24(23)26(30)28(25)21-14-11-19(12-15-21)27(31)32-22-9-5-2-6-10-22/h1-12,14-15,20,23-24H,13,16-17H2/t20-,23-,24+/m0/s1. The summed E-state index contributed by atoms with van der Waals surface area (Å²) >= 11 is 0. The first-order valence-corrected chi connectivity index (χ1v) is 10.9. The third-order valence-corrected chi connectivity index (χ3v) is 6.51. The number of anilines is 1. The van der Waals surface area contributed by atoms with Crippen LogP contribution >= 0.6 is 0 Å². The number of amides is 2. The molecule has 32 heavy (non-hydrogen) atoms. The highest BCUT2D eigenvalue weighted by Gasteiger charge is 2.50. The van der Waals surface area contributed by atoms with Gasteiger partial charge in [0.05, 0.1) is 23.1 Å². The van der Waals surface area contributed by atoms with E-state index < -0.39 is 5.97 Å². The topological polar surface area (TPSA) is 63.7 Å². The van der Waals surface area contributed by atoms with Crippen molar-refractivity contribution in [3.05, 3.63) is 96.1 Å². The molecule has 0 N–H and O–H groups in total. The van der Waals surface area contributed by atoms with E-state index in [1.807, 2.05) is 24.3 Å². The lowest BCUT2D eigenvalue weighted by molar-refractivity contribution is -0.122. The first kappa shape index (κ1) is 20.2. The first-order chi connectivity index (χ1) is 15.6. The number of hydrogen-bond donors (Lipinski definition) is 0. The summed E-state index contributed by atoms with van der Waals surface area (Å²) in [6.07, 6.45) is 2.31. The van der Waals surface area contributed by atoms with Crippen molar-refractivity contribution in [3.63, 3.8) is 0 Å². The van der Waals surface area contributed by atoms with Crippen LogP contribution in [0.3, 0.4) is 0 Å². The van der Waals surface area contributed by atoms with E-state index in [0.29, 0.717) is 35.8 Å². The van der Waals surface area contributed by atoms with Crippen LogP contribution in [0.4, 0.5) is 5.69 Å². The molecule has 1 aliphatic carbocycles. The monoisotopic (exact) mass is 425 g/mol. The van der Waals surface area contributed by atoms with Crippen molar-refractivity contribution < 1.29 is 19.1 Å². The van der Waals surface area contributed by atoms with Gasteiger partial charge >= 0.3 is 5.97 Å². The summed E-state index contributed by atoms with van der Waals surface area (Å²) in [5.74, 6) is -0.547. The first-order valence-electron chi connectivity index (χ1n) is 10.9. The second-order valence-corrected chi connectivity index (χ2v) is 8.39. The predicted molar refractivity (Wildman–Crippen MR) is 120 cm³/mol. The highest BCUT2D eigenvalue weighted by atomic mass is 16.5. The van der Waals surface area contributed by atoms with Gasteiger partial charge in [0.15, 0.2) is 0 Å². The van der Waals surface area contributed by atoms with Crippen molar-refractivity contribution >= 4 is 23.5 Å². The average molecular weight is 425 g/mol. The summed E-state index contributed by atoms with van der Waals surface area (Å²) < 4.78 is 5.35. The third-order valence-electron chi connectivity index (χ3n) is 6.51. The van der Waals surface area contributed by atoms with Gasteiger partial charge in [0.1, 0.15) is 5.75 Å². The number of para-hydroxylation sites is 1. The number of carbonyl (C=O) groups excluding carboxylic acids is 3. The molecule has 0 radical (unpaired) electrons. The van der Waals surface area contributed by atoms with Gasteiger partial charge < -0.3 is 4.74 Å². The molecule has 5 nitrogen and oxygen atoms in total. The largest absolute Gasteiger partial charge is 0.423 e. The molecule has 2 amide bonds. The Hall–Kier alpha value is -3.73. The molecule has 5 rings (SSSR count). The number of rotatable bonds is 4. The molecule has 1 saturated heterocycles. The molecule has 0 unspecified atom stereocenters. The molecule has 0 bridgehead atoms. The van der Waals surface area contributed by atoms with Gasteiger partial charge in [0, 0.05) is 0 Å². The maximum absolute atomic E-state index is 13.2. The smallest absolute Gasteiger partial charge is 0.343 e. The zero-order chi connectivity index (χ0) is 22.1. The lowest BCUT2D eigenvalue weighted by atomic mass is 9.73. The van der Waals surface area contributed by atoms with E-state index in [-0.39, 0.29) is 23.7 Å². The molecule has 3 aromatic rings. The van der Waals surface area contributed by atoms with Gasteiger partial charge in [-0.1, -0.05) is 48.5 Å². The molecule has 3 aromatic carbocycles. The summed E-state index contributed by atoms with van der Waals surface area (Å²) in [5, 5.41) is 0. The number of nitrogens with zero attached hydrogens (tertiary/aromatic N) is 1. The van der Waals surface area contributed by atoms with Gasteiger partial charge in [0.25, 0.3) is 0 Å². The lowest BCUT2D eigenvalue weighted by Gasteiger charge is -2.28. The number of hydrogen-bond acceptors (Lipinski definition) is 4. The van der Waals surface area contributed by atoms with Crippen LogP contribution in [0.5, 0.6) is 5.75 Å². The SMILES string of the molecule is O=C(Oc1ccccc1)c1ccc(N2C(=O)[C@H]3CC[C@H](c4ccccc4)C[C@H]3C2=O)cc1. The van der Waals surface area contributed by atoms with Gasteiger partial charge in [-0.15, -0.1) is 0 Å². The number of imide groups is 1. The molecule has 2 aliphatic rings. The Bertz CT molecular complexity index is 1140. The molecule has 1 saturated carbocycles. The second kappa shape index (κ2) is 8.42. The minimum Gasteiger partial charge on any atom is -0.423 e. The fourth-order valence-electron chi connectivity index (χ4n) is 4.86. The minimum atomic E-state index is -0.485. The normalized spacial score (nSPS) is 22.5. The van der Waals surface area contributed by atoms with Crippen LogP contribution in [0, 0.1) is 11.8 Å². The summed E-state index contributed by atoms with van der Waals surface area (Å²) in [5.41, 5.74) is 2.09. The quantitative estimate of drug-likeness (QED) is 0.336. The molecule has 1 heterocycles. The molecule has 160 valence electrons. The van der Waals surface area contributed by atoms with Gasteiger partial charge in [-0.3, -0.25) is 14.5 Å². The Kier molecular flexibility index (Phi) is 5.31. The van der Waals surface area contributed by atoms with Crippen molar-refractivity contribution in [2.75, 3.05) is 4.90 Å². The number of ether oxygens (including phenoxy) is 1. The molecule has 0 spiro atoms.